The van der Waals surface area contributed by atoms with Crippen molar-refractivity contribution in [3.8, 4) is 0 Å². The largest absolute Gasteiger partial charge is 0.286 e. The first-order valence-corrected chi connectivity index (χ1v) is 5.10. The molecule has 0 aliphatic rings. The van der Waals surface area contributed by atoms with Crippen molar-refractivity contribution in [3.05, 3.63) is 0 Å². The van der Waals surface area contributed by atoms with Crippen molar-refractivity contribution in [2.45, 2.75) is 0 Å². The van der Waals surface area contributed by atoms with Gasteiger partial charge in [-0.2, -0.15) is 8.42 Å². The Kier molecular flexibility index (Phi) is 4.20. The number of rotatable bonds is 4. The molecule has 0 atom stereocenters. The van der Waals surface area contributed by atoms with Gasteiger partial charge in [-0.15, -0.1) is 0 Å². The molecule has 6 heteroatoms. The lowest BCUT2D eigenvalue weighted by molar-refractivity contribution is 0.483. The third kappa shape index (κ3) is 8.22. The summed E-state index contributed by atoms with van der Waals surface area (Å²) in [6, 6.07) is 0. The molecule has 9 heavy (non-hydrogen) atoms. The summed E-state index contributed by atoms with van der Waals surface area (Å²) >= 11 is 1.32. The van der Waals surface area contributed by atoms with Gasteiger partial charge < -0.3 is 0 Å². The van der Waals surface area contributed by atoms with Crippen molar-refractivity contribution in [3.63, 3.8) is 0 Å². The molecule has 0 bridgehead atoms. The van der Waals surface area contributed by atoms with Gasteiger partial charge in [-0.25, -0.2) is 0 Å². The summed E-state index contributed by atoms with van der Waals surface area (Å²) in [5.74, 6) is -0.228. The molecule has 0 heterocycles. The predicted molar refractivity (Wildman–Crippen MR) is 37.9 cm³/mol. The number of hydrogen-bond donors (Lipinski definition) is 2. The van der Waals surface area contributed by atoms with Crippen molar-refractivity contribution in [1.82, 2.24) is 4.72 Å². The van der Waals surface area contributed by atoms with E-state index in [9.17, 15) is 8.42 Å². The average Bonchev–Trinajstić information content (AvgIpc) is 1.63. The van der Waals surface area contributed by atoms with Crippen LogP contribution in [-0.2, 0) is 10.1 Å². The Morgan fingerprint density at radius 3 is 2.56 bits per heavy atom. The third-order valence-electron chi connectivity index (χ3n) is 0.606. The van der Waals surface area contributed by atoms with E-state index >= 15 is 0 Å². The lowest BCUT2D eigenvalue weighted by Gasteiger charge is -1.95. The maximum atomic E-state index is 10.0. The van der Waals surface area contributed by atoms with E-state index in [0.29, 0.717) is 0 Å². The molecule has 0 aromatic heterocycles. The number of hydrogen-bond acceptors (Lipinski definition) is 4. The summed E-state index contributed by atoms with van der Waals surface area (Å²) < 4.78 is 30.9. The minimum atomic E-state index is -3.77. The molecule has 0 saturated carbocycles. The van der Waals surface area contributed by atoms with E-state index in [-0.39, 0.29) is 12.3 Å². The molecule has 0 spiro atoms. The summed E-state index contributed by atoms with van der Waals surface area (Å²) in [6.07, 6.45) is 1.78. The van der Waals surface area contributed by atoms with E-state index in [4.69, 9.17) is 4.55 Å². The van der Waals surface area contributed by atoms with Crippen LogP contribution in [-0.4, -0.2) is 31.5 Å². The molecule has 0 amide bonds. The van der Waals surface area contributed by atoms with Crippen molar-refractivity contribution in [2.24, 2.45) is 0 Å². The smallest absolute Gasteiger partial charge is 0.266 e. The molecule has 4 nitrogen and oxygen atoms in total. The Morgan fingerprint density at radius 1 is 1.67 bits per heavy atom. The fraction of sp³-hybridized carbons (Fsp3) is 1.00. The van der Waals surface area contributed by atoms with Crippen LogP contribution in [0.4, 0.5) is 0 Å². The molecule has 2 N–H and O–H groups in total. The zero-order valence-corrected chi connectivity index (χ0v) is 6.63. The van der Waals surface area contributed by atoms with Crippen LogP contribution in [0.5, 0.6) is 0 Å². The van der Waals surface area contributed by atoms with Crippen LogP contribution >= 0.6 is 11.9 Å². The maximum Gasteiger partial charge on any atom is 0.266 e. The minimum absolute atomic E-state index is 0.228. The Bertz CT molecular complexity index is 152. The first-order chi connectivity index (χ1) is 4.06. The molecule has 0 aliphatic heterocycles. The first-order valence-electron chi connectivity index (χ1n) is 2.27. The zero-order valence-electron chi connectivity index (χ0n) is 4.99. The van der Waals surface area contributed by atoms with Gasteiger partial charge >= 0.3 is 0 Å². The molecule has 0 unspecified atom stereocenters. The first kappa shape index (κ1) is 9.22. The van der Waals surface area contributed by atoms with Crippen molar-refractivity contribution in [1.29, 1.82) is 0 Å². The van der Waals surface area contributed by atoms with Gasteiger partial charge in [0, 0.05) is 6.54 Å². The second kappa shape index (κ2) is 4.10. The van der Waals surface area contributed by atoms with Crippen molar-refractivity contribution >= 4 is 22.1 Å². The van der Waals surface area contributed by atoms with E-state index in [1.165, 1.54) is 11.9 Å². The highest BCUT2D eigenvalue weighted by Gasteiger charge is 2.01. The Labute approximate surface area is 58.9 Å². The SMILES string of the molecule is CSNCCS(=O)(=O)O. The molecule has 0 aromatic rings. The summed E-state index contributed by atoms with van der Waals surface area (Å²) in [5.41, 5.74) is 0. The lowest BCUT2D eigenvalue weighted by Crippen LogP contribution is -2.16. The monoisotopic (exact) mass is 171 g/mol. The third-order valence-corrected chi connectivity index (χ3v) is 1.82. The second-order valence-corrected chi connectivity index (χ2v) is 3.65. The van der Waals surface area contributed by atoms with Crippen LogP contribution in [0.3, 0.4) is 0 Å². The van der Waals surface area contributed by atoms with Gasteiger partial charge in [0.05, 0.1) is 5.75 Å². The van der Waals surface area contributed by atoms with Gasteiger partial charge in [-0.1, -0.05) is 11.9 Å². The zero-order chi connectivity index (χ0) is 7.33. The van der Waals surface area contributed by atoms with Gasteiger partial charge in [0.25, 0.3) is 10.1 Å². The summed E-state index contributed by atoms with van der Waals surface area (Å²) in [5, 5.41) is 0. The summed E-state index contributed by atoms with van der Waals surface area (Å²) in [6.45, 7) is 0.278. The molecule has 0 fully saturated rings. The van der Waals surface area contributed by atoms with Crippen LogP contribution in [0.25, 0.3) is 0 Å². The fourth-order valence-corrected chi connectivity index (χ4v) is 1.07. The van der Waals surface area contributed by atoms with Crippen LogP contribution in [0.2, 0.25) is 0 Å². The van der Waals surface area contributed by atoms with Gasteiger partial charge in [0.1, 0.15) is 0 Å². The van der Waals surface area contributed by atoms with Gasteiger partial charge in [0.15, 0.2) is 0 Å². The van der Waals surface area contributed by atoms with Crippen molar-refractivity contribution < 1.29 is 13.0 Å². The minimum Gasteiger partial charge on any atom is -0.286 e. The standard InChI is InChI=1S/C3H9NO3S2/c1-8-4-2-3-9(5,6)7/h4H,2-3H2,1H3,(H,5,6,7). The van der Waals surface area contributed by atoms with E-state index < -0.39 is 10.1 Å². The summed E-state index contributed by atoms with van der Waals surface area (Å²) in [4.78, 5) is 0. The van der Waals surface area contributed by atoms with Gasteiger partial charge in [-0.3, -0.25) is 9.27 Å². The normalized spacial score (nSPS) is 11.8. The Morgan fingerprint density at radius 2 is 2.22 bits per heavy atom. The van der Waals surface area contributed by atoms with Gasteiger partial charge in [0.2, 0.25) is 0 Å². The average molecular weight is 171 g/mol. The lowest BCUT2D eigenvalue weighted by atomic mass is 10.8. The molecule has 0 saturated heterocycles. The molecular weight excluding hydrogens is 162 g/mol. The molecule has 0 aliphatic carbocycles. The quantitative estimate of drug-likeness (QED) is 0.346. The van der Waals surface area contributed by atoms with Crippen LogP contribution < -0.4 is 4.72 Å². The van der Waals surface area contributed by atoms with Gasteiger partial charge in [-0.05, 0) is 6.26 Å². The van der Waals surface area contributed by atoms with Crippen LogP contribution in [0.15, 0.2) is 0 Å². The maximum absolute atomic E-state index is 10.0. The van der Waals surface area contributed by atoms with Crippen LogP contribution in [0, 0.1) is 0 Å². The Hall–Kier alpha value is 0.220. The highest BCUT2D eigenvalue weighted by Crippen LogP contribution is 1.83. The summed E-state index contributed by atoms with van der Waals surface area (Å²) in [7, 11) is -3.77. The van der Waals surface area contributed by atoms with E-state index in [1.807, 2.05) is 0 Å². The van der Waals surface area contributed by atoms with E-state index in [2.05, 4.69) is 4.72 Å². The topological polar surface area (TPSA) is 66.4 Å². The molecule has 0 radical (unpaired) electrons. The highest BCUT2D eigenvalue weighted by molar-refractivity contribution is 7.96. The van der Waals surface area contributed by atoms with E-state index in [1.54, 1.807) is 6.26 Å². The molecule has 0 rings (SSSR count). The Balaban J connectivity index is 3.30. The molecular formula is C3H9NO3S2. The fourth-order valence-electron chi connectivity index (χ4n) is 0.273. The number of nitrogens with one attached hydrogen (secondary N) is 1. The predicted octanol–water partition coefficient (Wildman–Crippen LogP) is -0.258. The second-order valence-electron chi connectivity index (χ2n) is 1.38. The van der Waals surface area contributed by atoms with Crippen molar-refractivity contribution in [2.75, 3.05) is 18.6 Å². The highest BCUT2D eigenvalue weighted by atomic mass is 32.2. The van der Waals surface area contributed by atoms with E-state index in [0.717, 1.165) is 0 Å². The van der Waals surface area contributed by atoms with Crippen LogP contribution in [0.1, 0.15) is 0 Å². The molecule has 56 valence electrons. The molecule has 0 aromatic carbocycles.